The topological polar surface area (TPSA) is 55.4 Å². The fourth-order valence-corrected chi connectivity index (χ4v) is 2.41. The van der Waals surface area contributed by atoms with Gasteiger partial charge < -0.3 is 4.74 Å². The maximum atomic E-state index is 12.4. The molecule has 0 radical (unpaired) electrons. The van der Waals surface area contributed by atoms with Gasteiger partial charge in [0, 0.05) is 11.0 Å². The molecule has 120 valence electrons. The smallest absolute Gasteiger partial charge is 0.312 e. The number of rotatable bonds is 6. The van der Waals surface area contributed by atoms with Gasteiger partial charge in [-0.1, -0.05) is 15.9 Å². The molecule has 0 amide bonds. The second-order valence-corrected chi connectivity index (χ2v) is 6.40. The molecule has 0 aromatic heterocycles. The average Bonchev–Trinajstić information content (AvgIpc) is 2.34. The second kappa shape index (κ2) is 6.55. The predicted molar refractivity (Wildman–Crippen MR) is 66.3 cm³/mol. The van der Waals surface area contributed by atoms with Crippen LogP contribution in [-0.2, 0) is 14.8 Å². The van der Waals surface area contributed by atoms with E-state index >= 15 is 0 Å². The van der Waals surface area contributed by atoms with E-state index in [2.05, 4.69) is 20.7 Å². The van der Waals surface area contributed by atoms with Crippen LogP contribution in [0.5, 0.6) is 0 Å². The molecule has 0 aliphatic rings. The fourth-order valence-electron chi connectivity index (χ4n) is 1.13. The van der Waals surface area contributed by atoms with E-state index in [4.69, 9.17) is 0 Å². The lowest BCUT2D eigenvalue weighted by Gasteiger charge is -2.19. The first-order valence-electron chi connectivity index (χ1n) is 5.29. The van der Waals surface area contributed by atoms with Crippen molar-refractivity contribution < 1.29 is 35.1 Å². The van der Waals surface area contributed by atoms with Gasteiger partial charge in [-0.25, -0.2) is 13.1 Å². The van der Waals surface area contributed by atoms with Gasteiger partial charge in [0.05, 0.1) is 11.5 Å². The molecule has 11 heteroatoms. The van der Waals surface area contributed by atoms with E-state index in [0.29, 0.717) is 4.47 Å². The molecule has 1 aromatic carbocycles. The van der Waals surface area contributed by atoms with Crippen molar-refractivity contribution in [1.82, 2.24) is 4.72 Å². The summed E-state index contributed by atoms with van der Waals surface area (Å²) in [6.07, 6.45) is -11.2. The zero-order valence-electron chi connectivity index (χ0n) is 10.1. The number of alkyl halides is 5. The number of ether oxygens (including phenoxy) is 1. The van der Waals surface area contributed by atoms with Crippen molar-refractivity contribution in [2.75, 3.05) is 13.2 Å². The molecule has 4 nitrogen and oxygen atoms in total. The van der Waals surface area contributed by atoms with E-state index in [1.54, 1.807) is 0 Å². The number of nitrogens with one attached hydrogen (secondary N) is 1. The number of hydrogen-bond donors (Lipinski definition) is 1. The van der Waals surface area contributed by atoms with Gasteiger partial charge in [-0.05, 0) is 24.3 Å². The highest BCUT2D eigenvalue weighted by molar-refractivity contribution is 9.10. The Morgan fingerprint density at radius 3 is 2.10 bits per heavy atom. The minimum Gasteiger partial charge on any atom is -0.312 e. The normalized spacial score (nSPS) is 13.4. The monoisotopic (exact) mass is 397 g/mol. The second-order valence-electron chi connectivity index (χ2n) is 3.71. The highest BCUT2D eigenvalue weighted by Crippen LogP contribution is 2.35. The van der Waals surface area contributed by atoms with Crippen molar-refractivity contribution in [3.8, 4) is 0 Å². The molecule has 0 atom stereocenters. The highest BCUT2D eigenvalue weighted by Gasteiger charge is 2.59. The molecule has 21 heavy (non-hydrogen) atoms. The van der Waals surface area contributed by atoms with Crippen LogP contribution in [0.3, 0.4) is 0 Å². The molecule has 0 fully saturated rings. The van der Waals surface area contributed by atoms with Gasteiger partial charge in [-0.15, -0.1) is 0 Å². The Bertz CT molecular complexity index is 573. The Balaban J connectivity index is 2.54. The minimum atomic E-state index is -5.85. The van der Waals surface area contributed by atoms with E-state index in [1.165, 1.54) is 24.3 Å². The van der Waals surface area contributed by atoms with Crippen LogP contribution in [0.15, 0.2) is 33.6 Å². The first-order chi connectivity index (χ1) is 9.46. The van der Waals surface area contributed by atoms with Gasteiger partial charge in [0.2, 0.25) is 10.0 Å². The summed E-state index contributed by atoms with van der Waals surface area (Å²) in [4.78, 5) is -0.159. The van der Waals surface area contributed by atoms with Crippen LogP contribution < -0.4 is 4.72 Å². The van der Waals surface area contributed by atoms with Gasteiger partial charge in [-0.3, -0.25) is 0 Å². The zero-order valence-corrected chi connectivity index (χ0v) is 12.5. The lowest BCUT2D eigenvalue weighted by atomic mass is 10.4. The zero-order chi connectivity index (χ0) is 16.3. The van der Waals surface area contributed by atoms with Crippen molar-refractivity contribution in [2.45, 2.75) is 17.2 Å². The van der Waals surface area contributed by atoms with E-state index in [0.717, 1.165) is 0 Å². The summed E-state index contributed by atoms with van der Waals surface area (Å²) in [5, 5.41) is 0. The molecule has 0 saturated carbocycles. The van der Waals surface area contributed by atoms with Gasteiger partial charge in [0.25, 0.3) is 0 Å². The summed E-state index contributed by atoms with van der Waals surface area (Å²) >= 11 is 3.09. The molecule has 0 aliphatic carbocycles. The van der Waals surface area contributed by atoms with Crippen molar-refractivity contribution in [3.63, 3.8) is 0 Å². The SMILES string of the molecule is O=S(=O)(NCCOC(F)(F)C(F)(F)F)c1ccc(Br)cc1. The van der Waals surface area contributed by atoms with Crippen LogP contribution in [-0.4, -0.2) is 33.9 Å². The van der Waals surface area contributed by atoms with Crippen LogP contribution in [0.1, 0.15) is 0 Å². The third-order valence-corrected chi connectivity index (χ3v) is 4.14. The van der Waals surface area contributed by atoms with Gasteiger partial charge in [0.15, 0.2) is 0 Å². The maximum Gasteiger partial charge on any atom is 0.482 e. The quantitative estimate of drug-likeness (QED) is 0.593. The van der Waals surface area contributed by atoms with Gasteiger partial charge >= 0.3 is 12.3 Å². The first-order valence-corrected chi connectivity index (χ1v) is 7.57. The summed E-state index contributed by atoms with van der Waals surface area (Å²) in [6, 6.07) is 5.33. The predicted octanol–water partition coefficient (Wildman–Crippen LogP) is 2.90. The Morgan fingerprint density at radius 2 is 1.62 bits per heavy atom. The third-order valence-electron chi connectivity index (χ3n) is 2.13. The summed E-state index contributed by atoms with van der Waals surface area (Å²) < 4.78 is 89.3. The van der Waals surface area contributed by atoms with E-state index in [1.807, 2.05) is 4.72 Å². The van der Waals surface area contributed by atoms with Crippen LogP contribution >= 0.6 is 15.9 Å². The van der Waals surface area contributed by atoms with E-state index in [9.17, 15) is 30.4 Å². The van der Waals surface area contributed by atoms with Crippen molar-refractivity contribution in [1.29, 1.82) is 0 Å². The minimum absolute atomic E-state index is 0.159. The summed E-state index contributed by atoms with van der Waals surface area (Å²) in [7, 11) is -4.01. The molecular weight excluding hydrogens is 389 g/mol. The van der Waals surface area contributed by atoms with Crippen LogP contribution in [0, 0.1) is 0 Å². The molecule has 1 rings (SSSR count). The summed E-state index contributed by atoms with van der Waals surface area (Å²) in [6.45, 7) is -1.87. The molecule has 1 N–H and O–H groups in total. The molecule has 0 spiro atoms. The van der Waals surface area contributed by atoms with Crippen molar-refractivity contribution >= 4 is 26.0 Å². The fraction of sp³-hybridized carbons (Fsp3) is 0.400. The largest absolute Gasteiger partial charge is 0.482 e. The number of hydrogen-bond acceptors (Lipinski definition) is 3. The summed E-state index contributed by atoms with van der Waals surface area (Å²) in [5.41, 5.74) is 0. The van der Waals surface area contributed by atoms with Gasteiger partial charge in [-0.2, -0.15) is 22.0 Å². The molecular formula is C10H9BrF5NO3S. The number of benzene rings is 1. The Kier molecular flexibility index (Phi) is 5.69. The summed E-state index contributed by atoms with van der Waals surface area (Å²) in [5.74, 6) is 0. The van der Waals surface area contributed by atoms with E-state index < -0.39 is 35.5 Å². The van der Waals surface area contributed by atoms with E-state index in [-0.39, 0.29) is 4.90 Å². The Hall–Kier alpha value is -0.780. The van der Waals surface area contributed by atoms with Crippen molar-refractivity contribution in [3.05, 3.63) is 28.7 Å². The molecule has 0 aliphatic heterocycles. The van der Waals surface area contributed by atoms with Crippen LogP contribution in [0.25, 0.3) is 0 Å². The molecule has 0 bridgehead atoms. The van der Waals surface area contributed by atoms with Crippen LogP contribution in [0.2, 0.25) is 0 Å². The molecule has 0 saturated heterocycles. The lowest BCUT2D eigenvalue weighted by Crippen LogP contribution is -2.41. The molecule has 0 unspecified atom stereocenters. The van der Waals surface area contributed by atoms with Gasteiger partial charge in [0.1, 0.15) is 0 Å². The van der Waals surface area contributed by atoms with Crippen LogP contribution in [0.4, 0.5) is 22.0 Å². The van der Waals surface area contributed by atoms with Crippen molar-refractivity contribution in [2.24, 2.45) is 0 Å². The standard InChI is InChI=1S/C10H9BrF5NO3S/c11-7-1-3-8(4-2-7)21(18,19)17-5-6-20-10(15,16)9(12,13)14/h1-4,17H,5-6H2. The average molecular weight is 398 g/mol. The molecule has 1 aromatic rings. The third kappa shape index (κ3) is 5.16. The highest BCUT2D eigenvalue weighted by atomic mass is 79.9. The Morgan fingerprint density at radius 1 is 1.10 bits per heavy atom. The Labute approximate surface area is 125 Å². The molecule has 0 heterocycles. The maximum absolute atomic E-state index is 12.4. The lowest BCUT2D eigenvalue weighted by molar-refractivity contribution is -0.390. The first kappa shape index (κ1) is 18.3. The number of halogens is 6. The number of sulfonamides is 1.